The summed E-state index contributed by atoms with van der Waals surface area (Å²) in [6.07, 6.45) is 0. The van der Waals surface area contributed by atoms with Crippen LogP contribution in [0.15, 0.2) is 543 Å². The van der Waals surface area contributed by atoms with E-state index in [2.05, 4.69) is 516 Å². The first-order chi connectivity index (χ1) is 73.4. The van der Waals surface area contributed by atoms with Crippen molar-refractivity contribution in [2.24, 2.45) is 0 Å². The van der Waals surface area contributed by atoms with Crippen molar-refractivity contribution in [2.75, 3.05) is 0 Å². The molecule has 0 spiro atoms. The van der Waals surface area contributed by atoms with E-state index < -0.39 is 0 Å². The van der Waals surface area contributed by atoms with Crippen LogP contribution in [0, 0.1) is 0 Å². The Labute approximate surface area is 861 Å². The Bertz CT molecular complexity index is 11000. The molecule has 28 aromatic carbocycles. The first-order valence-electron chi connectivity index (χ1n) is 50.8. The van der Waals surface area contributed by atoms with Gasteiger partial charge in [-0.05, 0) is 315 Å². The highest BCUT2D eigenvalue weighted by Gasteiger charge is 2.25. The molecule has 4 heterocycles. The van der Waals surface area contributed by atoms with Gasteiger partial charge in [-0.2, -0.15) is 0 Å². The van der Waals surface area contributed by atoms with Crippen LogP contribution in [0.4, 0.5) is 0 Å². The van der Waals surface area contributed by atoms with Crippen LogP contribution in [0.3, 0.4) is 0 Å². The number of fused-ring (bicyclic) bond motifs is 36. The number of rotatable bonds is 8. The van der Waals surface area contributed by atoms with Gasteiger partial charge in [0.05, 0.1) is 0 Å². The monoisotopic (exact) mass is 1910 g/mol. The van der Waals surface area contributed by atoms with Crippen LogP contribution >= 0.6 is 22.7 Å². The molecule has 4 heteroatoms. The van der Waals surface area contributed by atoms with Crippen molar-refractivity contribution in [2.45, 2.75) is 0 Å². The molecule has 0 bridgehead atoms. The highest BCUT2D eigenvalue weighted by Crippen LogP contribution is 2.53. The van der Waals surface area contributed by atoms with Crippen LogP contribution in [0.1, 0.15) is 0 Å². The van der Waals surface area contributed by atoms with Crippen LogP contribution in [0.5, 0.6) is 0 Å². The fourth-order valence-corrected chi connectivity index (χ4v) is 26.3. The molecule has 4 aromatic heterocycles. The smallest absolute Gasteiger partial charge is 0.136 e. The zero-order valence-corrected chi connectivity index (χ0v) is 82.1. The van der Waals surface area contributed by atoms with Crippen molar-refractivity contribution in [3.63, 3.8) is 0 Å². The Hall–Kier alpha value is -18.7. The number of thiophene rings is 2. The van der Waals surface area contributed by atoms with Gasteiger partial charge in [-0.3, -0.25) is 0 Å². The lowest BCUT2D eigenvalue weighted by molar-refractivity contribution is 0.668. The molecule has 0 aliphatic carbocycles. The molecule has 2 nitrogen and oxygen atoms in total. The van der Waals surface area contributed by atoms with Gasteiger partial charge < -0.3 is 8.83 Å². The summed E-state index contributed by atoms with van der Waals surface area (Å²) in [4.78, 5) is 0. The molecule has 0 atom stereocenters. The lowest BCUT2D eigenvalue weighted by Gasteiger charge is -2.17. The van der Waals surface area contributed by atoms with E-state index in [-0.39, 0.29) is 0 Å². The third-order valence-electron chi connectivity index (χ3n) is 30.6. The molecule has 148 heavy (non-hydrogen) atoms. The minimum atomic E-state index is 0.920. The average molecular weight is 1910 g/mol. The maximum Gasteiger partial charge on any atom is 0.136 e. The normalized spacial score (nSPS) is 11.8. The summed E-state index contributed by atoms with van der Waals surface area (Å²) in [7, 11) is 0. The third kappa shape index (κ3) is 14.4. The largest absolute Gasteiger partial charge is 0.456 e. The lowest BCUT2D eigenvalue weighted by Crippen LogP contribution is -1.90. The molecular formula is C144H88O2S2. The quantitative estimate of drug-likeness (QED) is 0.142. The van der Waals surface area contributed by atoms with Crippen molar-refractivity contribution in [1.29, 1.82) is 0 Å². The number of benzene rings is 28. The molecule has 0 radical (unpaired) electrons. The van der Waals surface area contributed by atoms with E-state index in [1.54, 1.807) is 0 Å². The molecule has 0 unspecified atom stereocenters. The highest BCUT2D eigenvalue weighted by molar-refractivity contribution is 7.26. The molecule has 0 saturated heterocycles. The van der Waals surface area contributed by atoms with Crippen LogP contribution in [0.25, 0.3) is 303 Å². The molecule has 0 saturated carbocycles. The van der Waals surface area contributed by atoms with Gasteiger partial charge in [-0.25, -0.2) is 0 Å². The van der Waals surface area contributed by atoms with Crippen LogP contribution in [-0.4, -0.2) is 0 Å². The zero-order valence-electron chi connectivity index (χ0n) is 80.4. The van der Waals surface area contributed by atoms with E-state index in [1.165, 1.54) is 264 Å². The maximum atomic E-state index is 6.24. The Morgan fingerprint density at radius 2 is 0.372 bits per heavy atom. The second-order valence-electron chi connectivity index (χ2n) is 38.8. The first kappa shape index (κ1) is 86.0. The Morgan fingerprint density at radius 1 is 0.108 bits per heavy atom. The third-order valence-corrected chi connectivity index (χ3v) is 32.9. The number of hydrogen-bond donors (Lipinski definition) is 0. The standard InChI is InChI=1S/2C36H22O.2C36H22S/c1-2-11-23(12-3-1)31-21-24(25-18-10-20-34-36(25)30-17-8-9-19-33(30)37-34)22-32-28-15-5-4-13-26(28)27-14-6-7-16-29(27)35(31)32;1-2-10-23(11-3-1)31-21-25(24-18-19-35-32(20-24)29-15-8-9-17-34(29)37-35)22-33-28-14-5-4-12-26(28)27-13-6-7-16-30(27)36(31)33;1-2-11-23(12-3-1)32-21-24(25-18-10-19-31-29-16-8-9-20-34(29)37-36(25)31)22-33-28-15-5-4-13-26(28)27-14-6-7-17-30(27)35(32)33;1-2-10-23(11-3-1)32-20-25(24-18-19-30-29-15-8-9-17-34(29)37-35(30)22-24)21-33-28-14-5-4-12-26(28)27-13-6-7-16-31(27)36(32)33/h4*1-22H. The van der Waals surface area contributed by atoms with Crippen molar-refractivity contribution in [1.82, 2.24) is 0 Å². The number of furan rings is 2. The van der Waals surface area contributed by atoms with E-state index in [0.29, 0.717) is 0 Å². The summed E-state index contributed by atoms with van der Waals surface area (Å²) in [5, 5.41) is 41.2. The van der Waals surface area contributed by atoms with Gasteiger partial charge in [-0.1, -0.05) is 437 Å². The molecule has 0 amide bonds. The van der Waals surface area contributed by atoms with Gasteiger partial charge in [0.15, 0.2) is 0 Å². The second-order valence-corrected chi connectivity index (χ2v) is 40.9. The summed E-state index contributed by atoms with van der Waals surface area (Å²) in [5.41, 5.74) is 23.6. The number of hydrogen-bond acceptors (Lipinski definition) is 4. The summed E-state index contributed by atoms with van der Waals surface area (Å²) < 4.78 is 17.7. The summed E-state index contributed by atoms with van der Waals surface area (Å²) in [6, 6.07) is 194. The molecule has 0 fully saturated rings. The summed E-state index contributed by atoms with van der Waals surface area (Å²) in [5.74, 6) is 0. The van der Waals surface area contributed by atoms with E-state index in [0.717, 1.165) is 38.5 Å². The molecule has 0 aliphatic rings. The highest BCUT2D eigenvalue weighted by atomic mass is 32.1. The zero-order chi connectivity index (χ0) is 97.4. The predicted octanol–water partition coefficient (Wildman–Crippen LogP) is 42.5. The predicted molar refractivity (Wildman–Crippen MR) is 640 cm³/mol. The second kappa shape index (κ2) is 35.7. The van der Waals surface area contributed by atoms with Gasteiger partial charge >= 0.3 is 0 Å². The fraction of sp³-hybridized carbons (Fsp3) is 0. The summed E-state index contributed by atoms with van der Waals surface area (Å²) in [6.45, 7) is 0. The van der Waals surface area contributed by atoms with Crippen LogP contribution in [-0.2, 0) is 0 Å². The summed E-state index contributed by atoms with van der Waals surface area (Å²) >= 11 is 3.78. The minimum absolute atomic E-state index is 0.920. The number of para-hydroxylation sites is 2. The van der Waals surface area contributed by atoms with Crippen LogP contribution < -0.4 is 0 Å². The Kier molecular flexibility index (Phi) is 20.8. The van der Waals surface area contributed by atoms with Crippen molar-refractivity contribution in [3.05, 3.63) is 534 Å². The van der Waals surface area contributed by atoms with Crippen molar-refractivity contribution in [3.8, 4) is 89.0 Å². The van der Waals surface area contributed by atoms with E-state index in [9.17, 15) is 0 Å². The molecular weight excluding hydrogens is 1830 g/mol. The van der Waals surface area contributed by atoms with Gasteiger partial charge in [-0.15, -0.1) is 22.7 Å². The molecule has 32 rings (SSSR count). The van der Waals surface area contributed by atoms with Crippen LogP contribution in [0.2, 0.25) is 0 Å². The van der Waals surface area contributed by atoms with E-state index in [4.69, 9.17) is 8.83 Å². The Balaban J connectivity index is 0.0000000930. The molecule has 688 valence electrons. The topological polar surface area (TPSA) is 26.3 Å². The molecule has 0 N–H and O–H groups in total. The Morgan fingerprint density at radius 3 is 0.804 bits per heavy atom. The average Bonchev–Trinajstić information content (AvgIpc) is 0.878. The minimum Gasteiger partial charge on any atom is -0.456 e. The lowest BCUT2D eigenvalue weighted by atomic mass is 9.86. The van der Waals surface area contributed by atoms with E-state index in [1.807, 2.05) is 40.9 Å². The SMILES string of the molecule is c1ccc(-c2cc(-c3ccc4c(c3)sc3ccccc34)cc3c4ccccc4c4ccccc4c23)cc1.c1ccc(-c2cc(-c3ccc4oc5ccccc5c4c3)cc3c4ccccc4c4ccccc4c23)cc1.c1ccc(-c2cc(-c3cccc4c3sc3ccccc34)cc3c4ccccc4c4ccccc4c23)cc1.c1ccc(-c2cc(-c3cccc4oc5ccccc5c34)cc3c4ccccc4c4ccccc4c23)cc1. The van der Waals surface area contributed by atoms with Crippen molar-refractivity contribution >= 4 is 236 Å². The first-order valence-corrected chi connectivity index (χ1v) is 52.4. The van der Waals surface area contributed by atoms with E-state index >= 15 is 0 Å². The fourth-order valence-electron chi connectivity index (χ4n) is 24.0. The van der Waals surface area contributed by atoms with Gasteiger partial charge in [0.1, 0.15) is 22.3 Å². The van der Waals surface area contributed by atoms with Gasteiger partial charge in [0, 0.05) is 61.9 Å². The van der Waals surface area contributed by atoms with Crippen molar-refractivity contribution < 1.29 is 8.83 Å². The van der Waals surface area contributed by atoms with Gasteiger partial charge in [0.2, 0.25) is 0 Å². The molecule has 32 aromatic rings. The maximum absolute atomic E-state index is 6.24. The van der Waals surface area contributed by atoms with Gasteiger partial charge in [0.25, 0.3) is 0 Å². The molecule has 0 aliphatic heterocycles.